The fourth-order valence-electron chi connectivity index (χ4n) is 1.16. The highest BCUT2D eigenvalue weighted by Crippen LogP contribution is 2.17. The lowest BCUT2D eigenvalue weighted by Crippen LogP contribution is -1.93. The predicted octanol–water partition coefficient (Wildman–Crippen LogP) is 2.92. The lowest BCUT2D eigenvalue weighted by atomic mass is 9.97. The quantitative estimate of drug-likeness (QED) is 0.501. The first kappa shape index (κ1) is 6.60. The van der Waals surface area contributed by atoms with E-state index in [1.807, 2.05) is 0 Å². The standard InChI is InChI=1S/C9H14/c1-3-9-6-4-5-8(2)7-9/h4,6-8H,3,5H2,1-2H3. The summed E-state index contributed by atoms with van der Waals surface area (Å²) in [6.45, 7) is 4.47. The highest BCUT2D eigenvalue weighted by atomic mass is 14.1. The van der Waals surface area contributed by atoms with Gasteiger partial charge in [-0.25, -0.2) is 0 Å². The van der Waals surface area contributed by atoms with Crippen LogP contribution < -0.4 is 0 Å². The second kappa shape index (κ2) is 2.86. The molecule has 0 radical (unpaired) electrons. The first-order chi connectivity index (χ1) is 4.33. The first-order valence-electron chi connectivity index (χ1n) is 3.70. The van der Waals surface area contributed by atoms with Gasteiger partial charge in [0.15, 0.2) is 0 Å². The van der Waals surface area contributed by atoms with Crippen molar-refractivity contribution in [2.45, 2.75) is 26.7 Å². The van der Waals surface area contributed by atoms with E-state index in [1.54, 1.807) is 0 Å². The van der Waals surface area contributed by atoms with E-state index in [4.69, 9.17) is 0 Å². The van der Waals surface area contributed by atoms with Crippen LogP contribution in [0.5, 0.6) is 0 Å². The zero-order valence-electron chi connectivity index (χ0n) is 6.22. The summed E-state index contributed by atoms with van der Waals surface area (Å²) < 4.78 is 0. The van der Waals surface area contributed by atoms with Crippen LogP contribution in [0.3, 0.4) is 0 Å². The summed E-state index contributed by atoms with van der Waals surface area (Å²) >= 11 is 0. The van der Waals surface area contributed by atoms with Crippen LogP contribution in [-0.4, -0.2) is 0 Å². The van der Waals surface area contributed by atoms with E-state index in [9.17, 15) is 0 Å². The van der Waals surface area contributed by atoms with Gasteiger partial charge in [-0.2, -0.15) is 0 Å². The topological polar surface area (TPSA) is 0 Å². The lowest BCUT2D eigenvalue weighted by Gasteiger charge is -2.09. The molecule has 0 aromatic heterocycles. The van der Waals surface area contributed by atoms with Crippen molar-refractivity contribution in [1.29, 1.82) is 0 Å². The Kier molecular flexibility index (Phi) is 2.10. The van der Waals surface area contributed by atoms with Gasteiger partial charge in [0.25, 0.3) is 0 Å². The summed E-state index contributed by atoms with van der Waals surface area (Å²) in [5.41, 5.74) is 1.49. The van der Waals surface area contributed by atoms with Crippen LogP contribution in [0.2, 0.25) is 0 Å². The second-order valence-electron chi connectivity index (χ2n) is 2.71. The summed E-state index contributed by atoms with van der Waals surface area (Å²) in [5, 5.41) is 0. The molecule has 0 spiro atoms. The van der Waals surface area contributed by atoms with E-state index < -0.39 is 0 Å². The first-order valence-corrected chi connectivity index (χ1v) is 3.70. The molecule has 9 heavy (non-hydrogen) atoms. The largest absolute Gasteiger partial charge is 0.0837 e. The summed E-state index contributed by atoms with van der Waals surface area (Å²) in [6, 6.07) is 0. The van der Waals surface area contributed by atoms with Gasteiger partial charge in [-0.05, 0) is 18.8 Å². The summed E-state index contributed by atoms with van der Waals surface area (Å²) in [6.07, 6.45) is 9.27. The third-order valence-corrected chi connectivity index (χ3v) is 1.75. The predicted molar refractivity (Wildman–Crippen MR) is 41.3 cm³/mol. The molecule has 0 saturated carbocycles. The van der Waals surface area contributed by atoms with Gasteiger partial charge in [0.2, 0.25) is 0 Å². The van der Waals surface area contributed by atoms with Crippen molar-refractivity contribution in [2.75, 3.05) is 0 Å². The maximum atomic E-state index is 2.36. The maximum Gasteiger partial charge on any atom is -0.0221 e. The van der Waals surface area contributed by atoms with Crippen LogP contribution in [0, 0.1) is 5.92 Å². The molecule has 0 nitrogen and oxygen atoms in total. The van der Waals surface area contributed by atoms with E-state index in [0.29, 0.717) is 0 Å². The summed E-state index contributed by atoms with van der Waals surface area (Å²) in [5.74, 6) is 0.768. The van der Waals surface area contributed by atoms with Crippen molar-refractivity contribution in [3.63, 3.8) is 0 Å². The van der Waals surface area contributed by atoms with Gasteiger partial charge in [0.1, 0.15) is 0 Å². The molecule has 0 aliphatic heterocycles. The van der Waals surface area contributed by atoms with Crippen molar-refractivity contribution in [3.05, 3.63) is 23.8 Å². The van der Waals surface area contributed by atoms with Gasteiger partial charge in [-0.15, -0.1) is 0 Å². The average Bonchev–Trinajstić information content (AvgIpc) is 1.88. The Morgan fingerprint density at radius 1 is 1.67 bits per heavy atom. The number of hydrogen-bond donors (Lipinski definition) is 0. The molecular weight excluding hydrogens is 108 g/mol. The molecule has 0 N–H and O–H groups in total. The Morgan fingerprint density at radius 2 is 2.44 bits per heavy atom. The van der Waals surface area contributed by atoms with Crippen molar-refractivity contribution < 1.29 is 0 Å². The van der Waals surface area contributed by atoms with Gasteiger partial charge in [-0.1, -0.05) is 37.6 Å². The molecule has 0 saturated heterocycles. The number of allylic oxidation sites excluding steroid dienone is 4. The van der Waals surface area contributed by atoms with Crippen LogP contribution in [0.25, 0.3) is 0 Å². The molecule has 1 atom stereocenters. The normalized spacial score (nSPS) is 26.0. The maximum absolute atomic E-state index is 2.36. The second-order valence-corrected chi connectivity index (χ2v) is 2.71. The molecule has 0 aromatic rings. The van der Waals surface area contributed by atoms with Crippen molar-refractivity contribution >= 4 is 0 Å². The third kappa shape index (κ3) is 1.70. The zero-order chi connectivity index (χ0) is 6.69. The Bertz CT molecular complexity index is 140. The van der Waals surface area contributed by atoms with E-state index >= 15 is 0 Å². The minimum atomic E-state index is 0.768. The highest BCUT2D eigenvalue weighted by molar-refractivity contribution is 5.22. The van der Waals surface area contributed by atoms with E-state index in [2.05, 4.69) is 32.1 Å². The average molecular weight is 122 g/mol. The summed E-state index contributed by atoms with van der Waals surface area (Å²) in [4.78, 5) is 0. The minimum Gasteiger partial charge on any atom is -0.0837 e. The monoisotopic (exact) mass is 122 g/mol. The Labute approximate surface area is 57.3 Å². The zero-order valence-corrected chi connectivity index (χ0v) is 6.22. The Hall–Kier alpha value is -0.520. The molecule has 1 aliphatic carbocycles. The molecular formula is C9H14. The third-order valence-electron chi connectivity index (χ3n) is 1.75. The fraction of sp³-hybridized carbons (Fsp3) is 0.556. The molecule has 0 heterocycles. The van der Waals surface area contributed by atoms with Crippen LogP contribution in [-0.2, 0) is 0 Å². The molecule has 1 unspecified atom stereocenters. The number of hydrogen-bond acceptors (Lipinski definition) is 0. The molecule has 0 heteroatoms. The van der Waals surface area contributed by atoms with Gasteiger partial charge < -0.3 is 0 Å². The van der Waals surface area contributed by atoms with Crippen LogP contribution >= 0.6 is 0 Å². The van der Waals surface area contributed by atoms with Gasteiger partial charge >= 0.3 is 0 Å². The van der Waals surface area contributed by atoms with Crippen molar-refractivity contribution in [1.82, 2.24) is 0 Å². The fourth-order valence-corrected chi connectivity index (χ4v) is 1.16. The SMILES string of the molecule is CCC1=CC(C)CC=C1. The number of rotatable bonds is 1. The lowest BCUT2D eigenvalue weighted by molar-refractivity contribution is 0.724. The molecule has 0 fully saturated rings. The van der Waals surface area contributed by atoms with Crippen LogP contribution in [0.4, 0.5) is 0 Å². The summed E-state index contributed by atoms with van der Waals surface area (Å²) in [7, 11) is 0. The molecule has 50 valence electrons. The molecule has 1 rings (SSSR count). The van der Waals surface area contributed by atoms with Gasteiger partial charge in [0, 0.05) is 0 Å². The van der Waals surface area contributed by atoms with Gasteiger partial charge in [-0.3, -0.25) is 0 Å². The van der Waals surface area contributed by atoms with Crippen LogP contribution in [0.1, 0.15) is 26.7 Å². The van der Waals surface area contributed by atoms with Crippen molar-refractivity contribution in [3.8, 4) is 0 Å². The van der Waals surface area contributed by atoms with Gasteiger partial charge in [0.05, 0.1) is 0 Å². The Morgan fingerprint density at radius 3 is 2.89 bits per heavy atom. The van der Waals surface area contributed by atoms with E-state index in [-0.39, 0.29) is 0 Å². The minimum absolute atomic E-state index is 0.768. The molecule has 0 bridgehead atoms. The molecule has 1 aliphatic rings. The smallest absolute Gasteiger partial charge is 0.0221 e. The highest BCUT2D eigenvalue weighted by Gasteiger charge is 2.00. The Balaban J connectivity index is 2.59. The van der Waals surface area contributed by atoms with Crippen LogP contribution in [0.15, 0.2) is 23.8 Å². The molecule has 0 aromatic carbocycles. The van der Waals surface area contributed by atoms with E-state index in [0.717, 1.165) is 5.92 Å². The van der Waals surface area contributed by atoms with E-state index in [1.165, 1.54) is 18.4 Å². The van der Waals surface area contributed by atoms with Crippen molar-refractivity contribution in [2.24, 2.45) is 5.92 Å². The molecule has 0 amide bonds.